The third-order valence-corrected chi connectivity index (χ3v) is 3.45. The Morgan fingerprint density at radius 3 is 2.58 bits per heavy atom. The summed E-state index contributed by atoms with van der Waals surface area (Å²) in [5, 5.41) is 0.916. The summed E-state index contributed by atoms with van der Waals surface area (Å²) in [4.78, 5) is 12.4. The highest BCUT2D eigenvalue weighted by molar-refractivity contribution is 6.37. The minimum atomic E-state index is -0.0698. The van der Waals surface area contributed by atoms with E-state index in [1.54, 1.807) is 18.2 Å². The molecule has 0 aliphatic heterocycles. The van der Waals surface area contributed by atoms with Gasteiger partial charge in [0.2, 0.25) is 0 Å². The molecule has 0 heterocycles. The summed E-state index contributed by atoms with van der Waals surface area (Å²) in [5.74, 6) is -0.0698. The predicted octanol–water partition coefficient (Wildman–Crippen LogP) is 5.18. The van der Waals surface area contributed by atoms with Crippen LogP contribution in [0.5, 0.6) is 0 Å². The van der Waals surface area contributed by atoms with E-state index < -0.39 is 0 Å². The van der Waals surface area contributed by atoms with Gasteiger partial charge in [0.25, 0.3) is 0 Å². The van der Waals surface area contributed by atoms with E-state index in [4.69, 9.17) is 23.2 Å². The van der Waals surface area contributed by atoms with E-state index in [-0.39, 0.29) is 5.78 Å². The second-order valence-electron chi connectivity index (χ2n) is 4.40. The molecule has 0 spiro atoms. The molecule has 0 amide bonds. The second kappa shape index (κ2) is 6.23. The molecule has 3 heteroatoms. The van der Waals surface area contributed by atoms with Crippen LogP contribution < -0.4 is 0 Å². The Morgan fingerprint density at radius 2 is 1.89 bits per heavy atom. The van der Waals surface area contributed by atoms with Crippen molar-refractivity contribution in [1.29, 1.82) is 0 Å². The quantitative estimate of drug-likeness (QED) is 0.710. The average molecular weight is 293 g/mol. The van der Waals surface area contributed by atoms with Crippen LogP contribution in [0.25, 0.3) is 0 Å². The lowest BCUT2D eigenvalue weighted by Gasteiger charge is -2.06. The highest BCUT2D eigenvalue weighted by Crippen LogP contribution is 2.23. The molecule has 0 aliphatic carbocycles. The Hall–Kier alpha value is -1.31. The highest BCUT2D eigenvalue weighted by atomic mass is 35.5. The summed E-state index contributed by atoms with van der Waals surface area (Å²) in [7, 11) is 0. The Kier molecular flexibility index (Phi) is 4.62. The standard InChI is InChI=1S/C16H14Cl2O/c1-2-4-11-5-3-6-12(9-11)16(19)14-8-7-13(17)10-15(14)18/h3,5-10H,2,4H2,1H3. The van der Waals surface area contributed by atoms with Crippen LogP contribution in [0, 0.1) is 0 Å². The molecule has 0 atom stereocenters. The van der Waals surface area contributed by atoms with Crippen molar-refractivity contribution >= 4 is 29.0 Å². The fourth-order valence-electron chi connectivity index (χ4n) is 1.99. The van der Waals surface area contributed by atoms with Crippen molar-refractivity contribution in [3.05, 3.63) is 69.2 Å². The van der Waals surface area contributed by atoms with Crippen LogP contribution in [0.2, 0.25) is 10.0 Å². The second-order valence-corrected chi connectivity index (χ2v) is 5.25. The fourth-order valence-corrected chi connectivity index (χ4v) is 2.48. The number of carbonyl (C=O) groups excluding carboxylic acids is 1. The van der Waals surface area contributed by atoms with Crippen LogP contribution in [0.1, 0.15) is 34.8 Å². The molecule has 0 N–H and O–H groups in total. The molecule has 0 aliphatic rings. The minimum Gasteiger partial charge on any atom is -0.289 e. The Labute approximate surface area is 123 Å². The van der Waals surface area contributed by atoms with E-state index in [0.29, 0.717) is 21.2 Å². The number of hydrogen-bond acceptors (Lipinski definition) is 1. The van der Waals surface area contributed by atoms with Gasteiger partial charge in [0, 0.05) is 16.1 Å². The number of ketones is 1. The van der Waals surface area contributed by atoms with Gasteiger partial charge in [-0.2, -0.15) is 0 Å². The fraction of sp³-hybridized carbons (Fsp3) is 0.188. The summed E-state index contributed by atoms with van der Waals surface area (Å²) in [6.07, 6.45) is 2.02. The van der Waals surface area contributed by atoms with Crippen molar-refractivity contribution in [2.45, 2.75) is 19.8 Å². The maximum absolute atomic E-state index is 12.4. The monoisotopic (exact) mass is 292 g/mol. The lowest BCUT2D eigenvalue weighted by molar-refractivity contribution is 0.103. The van der Waals surface area contributed by atoms with Gasteiger partial charge in [0.05, 0.1) is 5.02 Å². The molecule has 0 aromatic heterocycles. The molecule has 0 saturated heterocycles. The predicted molar refractivity (Wildman–Crippen MR) is 80.3 cm³/mol. The van der Waals surface area contributed by atoms with Crippen molar-refractivity contribution < 1.29 is 4.79 Å². The number of aryl methyl sites for hydroxylation is 1. The zero-order valence-electron chi connectivity index (χ0n) is 10.6. The van der Waals surface area contributed by atoms with Gasteiger partial charge < -0.3 is 0 Å². The maximum atomic E-state index is 12.4. The number of halogens is 2. The zero-order valence-corrected chi connectivity index (χ0v) is 12.1. The summed E-state index contributed by atoms with van der Waals surface area (Å²) in [6, 6.07) is 12.6. The van der Waals surface area contributed by atoms with Gasteiger partial charge >= 0.3 is 0 Å². The normalized spacial score (nSPS) is 10.5. The molecule has 0 saturated carbocycles. The van der Waals surface area contributed by atoms with Crippen molar-refractivity contribution in [3.63, 3.8) is 0 Å². The molecular formula is C16H14Cl2O. The van der Waals surface area contributed by atoms with Gasteiger partial charge in [-0.05, 0) is 36.2 Å². The van der Waals surface area contributed by atoms with E-state index >= 15 is 0 Å². The molecule has 2 aromatic rings. The van der Waals surface area contributed by atoms with Gasteiger partial charge in [0.15, 0.2) is 5.78 Å². The van der Waals surface area contributed by atoms with Gasteiger partial charge in [-0.3, -0.25) is 4.79 Å². The SMILES string of the molecule is CCCc1cccc(C(=O)c2ccc(Cl)cc2Cl)c1. The van der Waals surface area contributed by atoms with E-state index in [0.717, 1.165) is 12.8 Å². The Bertz CT molecular complexity index is 605. The smallest absolute Gasteiger partial charge is 0.194 e. The van der Waals surface area contributed by atoms with E-state index in [9.17, 15) is 4.79 Å². The molecule has 0 fully saturated rings. The first-order chi connectivity index (χ1) is 9.11. The summed E-state index contributed by atoms with van der Waals surface area (Å²) < 4.78 is 0. The van der Waals surface area contributed by atoms with Gasteiger partial charge in [-0.15, -0.1) is 0 Å². The topological polar surface area (TPSA) is 17.1 Å². The van der Waals surface area contributed by atoms with E-state index in [1.807, 2.05) is 24.3 Å². The van der Waals surface area contributed by atoms with Crippen molar-refractivity contribution in [2.75, 3.05) is 0 Å². The summed E-state index contributed by atoms with van der Waals surface area (Å²) in [6.45, 7) is 2.12. The van der Waals surface area contributed by atoms with Crippen LogP contribution in [-0.2, 0) is 6.42 Å². The number of rotatable bonds is 4. The molecule has 2 rings (SSSR count). The first-order valence-electron chi connectivity index (χ1n) is 6.20. The maximum Gasteiger partial charge on any atom is 0.194 e. The third kappa shape index (κ3) is 3.37. The van der Waals surface area contributed by atoms with Crippen LogP contribution in [-0.4, -0.2) is 5.78 Å². The van der Waals surface area contributed by atoms with Gasteiger partial charge in [-0.1, -0.05) is 54.7 Å². The van der Waals surface area contributed by atoms with Gasteiger partial charge in [0.1, 0.15) is 0 Å². The first kappa shape index (κ1) is 14.1. The minimum absolute atomic E-state index is 0.0698. The molecular weight excluding hydrogens is 279 g/mol. The van der Waals surface area contributed by atoms with E-state index in [2.05, 4.69) is 6.92 Å². The molecule has 98 valence electrons. The summed E-state index contributed by atoms with van der Waals surface area (Å²) in [5.41, 5.74) is 2.31. The number of carbonyl (C=O) groups is 1. The molecule has 2 aromatic carbocycles. The lowest BCUT2D eigenvalue weighted by Crippen LogP contribution is -2.03. The molecule has 19 heavy (non-hydrogen) atoms. The van der Waals surface area contributed by atoms with Crippen LogP contribution in [0.4, 0.5) is 0 Å². The molecule has 0 bridgehead atoms. The van der Waals surface area contributed by atoms with Crippen molar-refractivity contribution in [3.8, 4) is 0 Å². The van der Waals surface area contributed by atoms with Crippen molar-refractivity contribution in [1.82, 2.24) is 0 Å². The first-order valence-corrected chi connectivity index (χ1v) is 6.96. The number of hydrogen-bond donors (Lipinski definition) is 0. The largest absolute Gasteiger partial charge is 0.289 e. The Balaban J connectivity index is 2.35. The van der Waals surface area contributed by atoms with Crippen LogP contribution in [0.3, 0.4) is 0 Å². The highest BCUT2D eigenvalue weighted by Gasteiger charge is 2.13. The van der Waals surface area contributed by atoms with Crippen LogP contribution >= 0.6 is 23.2 Å². The lowest BCUT2D eigenvalue weighted by atomic mass is 10.00. The van der Waals surface area contributed by atoms with Crippen LogP contribution in [0.15, 0.2) is 42.5 Å². The van der Waals surface area contributed by atoms with Gasteiger partial charge in [-0.25, -0.2) is 0 Å². The van der Waals surface area contributed by atoms with E-state index in [1.165, 1.54) is 5.56 Å². The molecule has 1 nitrogen and oxygen atoms in total. The molecule has 0 unspecified atom stereocenters. The average Bonchev–Trinajstić information content (AvgIpc) is 2.39. The summed E-state index contributed by atoms with van der Waals surface area (Å²) >= 11 is 11.9. The molecule has 0 radical (unpaired) electrons. The third-order valence-electron chi connectivity index (χ3n) is 2.90. The van der Waals surface area contributed by atoms with Crippen molar-refractivity contribution in [2.24, 2.45) is 0 Å². The zero-order chi connectivity index (χ0) is 13.8. The Morgan fingerprint density at radius 1 is 1.11 bits per heavy atom. The number of benzene rings is 2.